The minimum absolute atomic E-state index is 0. The Balaban J connectivity index is 0.00000338. The molecule has 0 saturated heterocycles. The maximum Gasteiger partial charge on any atom is 0.191 e. The molecule has 0 aliphatic carbocycles. The van der Waals surface area contributed by atoms with Crippen LogP contribution < -0.4 is 15.4 Å². The second-order valence-electron chi connectivity index (χ2n) is 5.88. The zero-order valence-electron chi connectivity index (χ0n) is 15.9. The van der Waals surface area contributed by atoms with Crippen molar-refractivity contribution >= 4 is 29.9 Å². The van der Waals surface area contributed by atoms with Crippen LogP contribution in [0.1, 0.15) is 31.4 Å². The van der Waals surface area contributed by atoms with E-state index < -0.39 is 0 Å². The second kappa shape index (κ2) is 12.6. The van der Waals surface area contributed by atoms with E-state index >= 15 is 0 Å². The maximum atomic E-state index is 5.87. The van der Waals surface area contributed by atoms with Crippen molar-refractivity contribution in [1.29, 1.82) is 0 Å². The highest BCUT2D eigenvalue weighted by molar-refractivity contribution is 14.0. The smallest absolute Gasteiger partial charge is 0.191 e. The summed E-state index contributed by atoms with van der Waals surface area (Å²) in [5.41, 5.74) is 2.30. The first-order valence-electron chi connectivity index (χ1n) is 8.93. The predicted molar refractivity (Wildman–Crippen MR) is 117 cm³/mol. The van der Waals surface area contributed by atoms with E-state index in [0.29, 0.717) is 6.54 Å². The van der Waals surface area contributed by atoms with Crippen LogP contribution in [0.25, 0.3) is 0 Å². The summed E-state index contributed by atoms with van der Waals surface area (Å²) in [6.07, 6.45) is 6.55. The second-order valence-corrected chi connectivity index (χ2v) is 5.88. The van der Waals surface area contributed by atoms with Crippen LogP contribution in [0, 0.1) is 6.92 Å². The van der Waals surface area contributed by atoms with Crippen molar-refractivity contribution in [2.24, 2.45) is 4.99 Å². The number of halogens is 1. The van der Waals surface area contributed by atoms with Crippen molar-refractivity contribution in [3.8, 4) is 5.75 Å². The van der Waals surface area contributed by atoms with E-state index in [9.17, 15) is 0 Å². The number of rotatable bonds is 9. The number of nitrogens with one attached hydrogen (secondary N) is 2. The number of aliphatic imine (C=N–C) groups is 1. The fourth-order valence-electron chi connectivity index (χ4n) is 2.37. The number of aryl methyl sites for hydroxylation is 1. The molecule has 0 fully saturated rings. The summed E-state index contributed by atoms with van der Waals surface area (Å²) in [5.74, 6) is 1.74. The van der Waals surface area contributed by atoms with Gasteiger partial charge in [-0.25, -0.2) is 9.98 Å². The summed E-state index contributed by atoms with van der Waals surface area (Å²) in [7, 11) is 0. The van der Waals surface area contributed by atoms with Gasteiger partial charge in [-0.15, -0.1) is 24.0 Å². The van der Waals surface area contributed by atoms with Gasteiger partial charge in [0.05, 0.1) is 19.5 Å². The van der Waals surface area contributed by atoms with Crippen molar-refractivity contribution in [3.05, 3.63) is 48.0 Å². The zero-order chi connectivity index (χ0) is 17.9. The minimum Gasteiger partial charge on any atom is -0.493 e. The van der Waals surface area contributed by atoms with Crippen LogP contribution in [0.4, 0.5) is 0 Å². The molecule has 0 amide bonds. The van der Waals surface area contributed by atoms with Gasteiger partial charge in [-0.05, 0) is 31.9 Å². The number of hydrogen-bond acceptors (Lipinski definition) is 3. The van der Waals surface area contributed by atoms with Crippen molar-refractivity contribution in [1.82, 2.24) is 20.2 Å². The van der Waals surface area contributed by atoms with Crippen LogP contribution in [-0.4, -0.2) is 35.2 Å². The molecule has 2 aromatic rings. The highest BCUT2D eigenvalue weighted by Crippen LogP contribution is 2.21. The van der Waals surface area contributed by atoms with Crippen LogP contribution in [-0.2, 0) is 13.1 Å². The Labute approximate surface area is 173 Å². The molecule has 1 aromatic heterocycles. The molecular formula is C19H30IN5O. The van der Waals surface area contributed by atoms with Crippen LogP contribution >= 0.6 is 24.0 Å². The Hall–Kier alpha value is -1.77. The molecule has 0 aliphatic heterocycles. The van der Waals surface area contributed by atoms with Gasteiger partial charge in [0.2, 0.25) is 0 Å². The Morgan fingerprint density at radius 3 is 2.81 bits per heavy atom. The number of hydrogen-bond donors (Lipinski definition) is 2. The topological polar surface area (TPSA) is 63.5 Å². The lowest BCUT2D eigenvalue weighted by molar-refractivity contribution is 0.314. The summed E-state index contributed by atoms with van der Waals surface area (Å²) >= 11 is 0. The molecule has 0 spiro atoms. The van der Waals surface area contributed by atoms with Gasteiger partial charge in [0.15, 0.2) is 5.96 Å². The quantitative estimate of drug-likeness (QED) is 0.335. The Morgan fingerprint density at radius 2 is 2.12 bits per heavy atom. The number of guanidine groups is 1. The van der Waals surface area contributed by atoms with E-state index in [1.807, 2.05) is 17.1 Å². The van der Waals surface area contributed by atoms with Gasteiger partial charge in [-0.3, -0.25) is 0 Å². The average Bonchev–Trinajstić information content (AvgIpc) is 3.12. The van der Waals surface area contributed by atoms with Crippen LogP contribution in [0.15, 0.2) is 41.9 Å². The molecular weight excluding hydrogens is 441 g/mol. The van der Waals surface area contributed by atoms with Crippen molar-refractivity contribution in [2.75, 3.05) is 19.7 Å². The maximum absolute atomic E-state index is 5.87. The van der Waals surface area contributed by atoms with Crippen LogP contribution in [0.5, 0.6) is 5.75 Å². The highest BCUT2D eigenvalue weighted by atomic mass is 127. The fourth-order valence-corrected chi connectivity index (χ4v) is 2.37. The standard InChI is InChI=1S/C19H29N5O.HI/c1-4-12-25-18-13-16(3)6-7-17(18)14-23-19(21-5-2)22-9-11-24-10-8-20-15-24;/h6-8,10,13,15H,4-5,9,11-12,14H2,1-3H3,(H2,21,22,23);1H. The molecule has 1 heterocycles. The Morgan fingerprint density at radius 1 is 1.27 bits per heavy atom. The summed E-state index contributed by atoms with van der Waals surface area (Å²) in [4.78, 5) is 8.74. The largest absolute Gasteiger partial charge is 0.493 e. The fraction of sp³-hybridized carbons (Fsp3) is 0.474. The lowest BCUT2D eigenvalue weighted by Gasteiger charge is -2.13. The number of imidazole rings is 1. The van der Waals surface area contributed by atoms with Gasteiger partial charge in [-0.2, -0.15) is 0 Å². The first-order valence-corrected chi connectivity index (χ1v) is 8.93. The molecule has 0 saturated carbocycles. The molecule has 144 valence electrons. The monoisotopic (exact) mass is 471 g/mol. The SMILES string of the molecule is CCCOc1cc(C)ccc1CN=C(NCC)NCCn1ccnc1.I. The van der Waals surface area contributed by atoms with Gasteiger partial charge >= 0.3 is 0 Å². The van der Waals surface area contributed by atoms with Crippen molar-refractivity contribution in [2.45, 2.75) is 40.3 Å². The first-order chi connectivity index (χ1) is 12.2. The van der Waals surface area contributed by atoms with E-state index in [0.717, 1.165) is 49.9 Å². The number of nitrogens with zero attached hydrogens (tertiary/aromatic N) is 3. The summed E-state index contributed by atoms with van der Waals surface area (Å²) in [5, 5.41) is 6.63. The molecule has 0 aliphatic rings. The predicted octanol–water partition coefficient (Wildman–Crippen LogP) is 3.35. The first kappa shape index (κ1) is 22.3. The van der Waals surface area contributed by atoms with E-state index in [2.05, 4.69) is 54.6 Å². The van der Waals surface area contributed by atoms with Gasteiger partial charge in [0.25, 0.3) is 0 Å². The van der Waals surface area contributed by atoms with Crippen molar-refractivity contribution < 1.29 is 4.74 Å². The molecule has 7 heteroatoms. The Kier molecular flexibility index (Phi) is 10.8. The third-order valence-corrected chi connectivity index (χ3v) is 3.66. The molecule has 0 unspecified atom stereocenters. The van der Waals surface area contributed by atoms with Gasteiger partial charge in [-0.1, -0.05) is 19.1 Å². The molecule has 0 bridgehead atoms. The molecule has 26 heavy (non-hydrogen) atoms. The Bertz CT molecular complexity index is 658. The number of benzene rings is 1. The lowest BCUT2D eigenvalue weighted by Crippen LogP contribution is -2.38. The zero-order valence-corrected chi connectivity index (χ0v) is 18.2. The minimum atomic E-state index is 0. The van der Waals surface area contributed by atoms with Gasteiger partial charge < -0.3 is 19.9 Å². The van der Waals surface area contributed by atoms with E-state index in [4.69, 9.17) is 9.73 Å². The highest BCUT2D eigenvalue weighted by Gasteiger charge is 2.05. The molecule has 0 atom stereocenters. The van der Waals surface area contributed by atoms with E-state index in [1.54, 1.807) is 6.20 Å². The average molecular weight is 471 g/mol. The van der Waals surface area contributed by atoms with Crippen molar-refractivity contribution in [3.63, 3.8) is 0 Å². The molecule has 0 radical (unpaired) electrons. The summed E-state index contributed by atoms with van der Waals surface area (Å²) in [6.45, 7) is 10.0. The van der Waals surface area contributed by atoms with Crippen LogP contribution in [0.2, 0.25) is 0 Å². The third kappa shape index (κ3) is 7.63. The number of aromatic nitrogens is 2. The van der Waals surface area contributed by atoms with Gasteiger partial charge in [0, 0.05) is 37.6 Å². The normalized spacial score (nSPS) is 11.0. The summed E-state index contributed by atoms with van der Waals surface area (Å²) in [6, 6.07) is 6.28. The van der Waals surface area contributed by atoms with E-state index in [-0.39, 0.29) is 24.0 Å². The van der Waals surface area contributed by atoms with E-state index in [1.165, 1.54) is 5.56 Å². The van der Waals surface area contributed by atoms with Gasteiger partial charge in [0.1, 0.15) is 5.75 Å². The summed E-state index contributed by atoms with van der Waals surface area (Å²) < 4.78 is 7.90. The molecule has 6 nitrogen and oxygen atoms in total. The van der Waals surface area contributed by atoms with Crippen LogP contribution in [0.3, 0.4) is 0 Å². The molecule has 2 N–H and O–H groups in total. The third-order valence-electron chi connectivity index (χ3n) is 3.66. The number of ether oxygens (including phenoxy) is 1. The molecule has 2 rings (SSSR count). The lowest BCUT2D eigenvalue weighted by atomic mass is 10.1. The molecule has 1 aromatic carbocycles.